The van der Waals surface area contributed by atoms with Crippen molar-refractivity contribution in [2.75, 3.05) is 14.2 Å². The maximum absolute atomic E-state index is 11.2. The van der Waals surface area contributed by atoms with Gasteiger partial charge in [0.1, 0.15) is 6.54 Å². The Morgan fingerprint density at radius 2 is 1.76 bits per heavy atom. The SMILES string of the molecule is COc1ccc(-c2nc(-c3ccccc3)n(CC(=O)O)n2)cc1OC. The number of aliphatic carboxylic acids is 1. The van der Waals surface area contributed by atoms with Crippen LogP contribution in [-0.2, 0) is 11.3 Å². The van der Waals surface area contributed by atoms with Crippen LogP contribution < -0.4 is 9.47 Å². The predicted octanol–water partition coefficient (Wildman–Crippen LogP) is 2.71. The van der Waals surface area contributed by atoms with Crippen molar-refractivity contribution in [2.24, 2.45) is 0 Å². The normalized spacial score (nSPS) is 10.5. The lowest BCUT2D eigenvalue weighted by molar-refractivity contribution is -0.137. The van der Waals surface area contributed by atoms with Gasteiger partial charge in [0.05, 0.1) is 14.2 Å². The minimum atomic E-state index is -0.985. The topological polar surface area (TPSA) is 86.5 Å². The molecule has 25 heavy (non-hydrogen) atoms. The second-order valence-corrected chi connectivity index (χ2v) is 5.25. The van der Waals surface area contributed by atoms with Gasteiger partial charge in [0.15, 0.2) is 23.1 Å². The molecule has 0 radical (unpaired) electrons. The molecule has 0 atom stereocenters. The third-order valence-electron chi connectivity index (χ3n) is 3.63. The van der Waals surface area contributed by atoms with Crippen LogP contribution in [0, 0.1) is 0 Å². The van der Waals surface area contributed by atoms with Gasteiger partial charge in [-0.1, -0.05) is 30.3 Å². The van der Waals surface area contributed by atoms with Crippen molar-refractivity contribution in [3.8, 4) is 34.3 Å². The molecule has 0 fully saturated rings. The van der Waals surface area contributed by atoms with Crippen LogP contribution in [0.25, 0.3) is 22.8 Å². The van der Waals surface area contributed by atoms with Crippen LogP contribution in [0.2, 0.25) is 0 Å². The highest BCUT2D eigenvalue weighted by atomic mass is 16.5. The molecular weight excluding hydrogens is 322 g/mol. The van der Waals surface area contributed by atoms with Gasteiger partial charge < -0.3 is 14.6 Å². The van der Waals surface area contributed by atoms with E-state index in [9.17, 15) is 4.79 Å². The van der Waals surface area contributed by atoms with Gasteiger partial charge in [0.2, 0.25) is 0 Å². The summed E-state index contributed by atoms with van der Waals surface area (Å²) in [5.41, 5.74) is 1.50. The van der Waals surface area contributed by atoms with Crippen LogP contribution in [0.5, 0.6) is 11.5 Å². The lowest BCUT2D eigenvalue weighted by Gasteiger charge is -2.07. The smallest absolute Gasteiger partial charge is 0.325 e. The number of aromatic nitrogens is 3. The molecule has 1 N–H and O–H groups in total. The van der Waals surface area contributed by atoms with E-state index in [0.717, 1.165) is 5.56 Å². The van der Waals surface area contributed by atoms with Crippen molar-refractivity contribution < 1.29 is 19.4 Å². The standard InChI is InChI=1S/C18H17N3O4/c1-24-14-9-8-13(10-15(14)25-2)17-19-18(12-6-4-3-5-7-12)21(20-17)11-16(22)23/h3-10H,11H2,1-2H3,(H,22,23). The van der Waals surface area contributed by atoms with Gasteiger partial charge in [0.25, 0.3) is 0 Å². The van der Waals surface area contributed by atoms with E-state index in [4.69, 9.17) is 14.6 Å². The summed E-state index contributed by atoms with van der Waals surface area (Å²) in [7, 11) is 3.11. The number of methoxy groups -OCH3 is 2. The molecule has 0 amide bonds. The second kappa shape index (κ2) is 7.04. The van der Waals surface area contributed by atoms with Crippen LogP contribution in [0.3, 0.4) is 0 Å². The van der Waals surface area contributed by atoms with E-state index in [1.54, 1.807) is 32.4 Å². The molecule has 0 saturated carbocycles. The Kier molecular flexibility index (Phi) is 4.65. The van der Waals surface area contributed by atoms with E-state index in [0.29, 0.717) is 28.7 Å². The fourth-order valence-electron chi connectivity index (χ4n) is 2.48. The van der Waals surface area contributed by atoms with Crippen molar-refractivity contribution in [3.05, 3.63) is 48.5 Å². The first-order chi connectivity index (χ1) is 12.1. The zero-order valence-corrected chi connectivity index (χ0v) is 13.8. The number of hydrogen-bond acceptors (Lipinski definition) is 5. The van der Waals surface area contributed by atoms with E-state index >= 15 is 0 Å². The van der Waals surface area contributed by atoms with Gasteiger partial charge in [0, 0.05) is 11.1 Å². The molecule has 1 heterocycles. The number of carbonyl (C=O) groups is 1. The third kappa shape index (κ3) is 3.45. The van der Waals surface area contributed by atoms with Crippen LogP contribution in [0.15, 0.2) is 48.5 Å². The average molecular weight is 339 g/mol. The van der Waals surface area contributed by atoms with Crippen LogP contribution in [-0.4, -0.2) is 40.1 Å². The molecule has 0 spiro atoms. The summed E-state index contributed by atoms with van der Waals surface area (Å²) in [5, 5.41) is 13.5. The minimum Gasteiger partial charge on any atom is -0.493 e. The summed E-state index contributed by atoms with van der Waals surface area (Å²) in [6.45, 7) is -0.273. The number of carboxylic acid groups (broad SMARTS) is 1. The molecule has 7 heteroatoms. The highest BCUT2D eigenvalue weighted by Gasteiger charge is 2.16. The number of benzene rings is 2. The Morgan fingerprint density at radius 1 is 1.04 bits per heavy atom. The van der Waals surface area contributed by atoms with Gasteiger partial charge in [-0.2, -0.15) is 0 Å². The Morgan fingerprint density at radius 3 is 2.40 bits per heavy atom. The van der Waals surface area contributed by atoms with E-state index in [2.05, 4.69) is 10.1 Å². The van der Waals surface area contributed by atoms with Crippen molar-refractivity contribution in [2.45, 2.75) is 6.54 Å². The molecule has 0 aliphatic heterocycles. The van der Waals surface area contributed by atoms with E-state index < -0.39 is 5.97 Å². The summed E-state index contributed by atoms with van der Waals surface area (Å²) in [4.78, 5) is 15.7. The molecule has 0 saturated heterocycles. The fourth-order valence-corrected chi connectivity index (χ4v) is 2.48. The number of hydrogen-bond donors (Lipinski definition) is 1. The summed E-state index contributed by atoms with van der Waals surface area (Å²) >= 11 is 0. The summed E-state index contributed by atoms with van der Waals surface area (Å²) < 4.78 is 11.9. The van der Waals surface area contributed by atoms with Crippen LogP contribution in [0.1, 0.15) is 0 Å². The number of carboxylic acids is 1. The van der Waals surface area contributed by atoms with Crippen molar-refractivity contribution >= 4 is 5.97 Å². The molecule has 3 aromatic rings. The molecule has 0 bridgehead atoms. The van der Waals surface area contributed by atoms with E-state index in [1.165, 1.54) is 4.68 Å². The molecule has 3 rings (SSSR count). The largest absolute Gasteiger partial charge is 0.493 e. The average Bonchev–Trinajstić information content (AvgIpc) is 3.05. The van der Waals surface area contributed by atoms with Gasteiger partial charge >= 0.3 is 5.97 Å². The second-order valence-electron chi connectivity index (χ2n) is 5.25. The molecule has 7 nitrogen and oxygen atoms in total. The fraction of sp³-hybridized carbons (Fsp3) is 0.167. The summed E-state index contributed by atoms with van der Waals surface area (Å²) in [5.74, 6) is 1.07. The van der Waals surface area contributed by atoms with Crippen LogP contribution >= 0.6 is 0 Å². The predicted molar refractivity (Wildman–Crippen MR) is 91.6 cm³/mol. The molecule has 128 valence electrons. The molecule has 1 aromatic heterocycles. The first-order valence-electron chi connectivity index (χ1n) is 7.57. The highest BCUT2D eigenvalue weighted by Crippen LogP contribution is 2.32. The van der Waals surface area contributed by atoms with Gasteiger partial charge in [-0.05, 0) is 18.2 Å². The zero-order valence-electron chi connectivity index (χ0n) is 13.8. The Hall–Kier alpha value is -3.35. The number of ether oxygens (including phenoxy) is 2. The monoisotopic (exact) mass is 339 g/mol. The molecular formula is C18H17N3O4. The van der Waals surface area contributed by atoms with Gasteiger partial charge in [-0.15, -0.1) is 5.10 Å². The number of rotatable bonds is 6. The first-order valence-corrected chi connectivity index (χ1v) is 7.57. The van der Waals surface area contributed by atoms with Crippen LogP contribution in [0.4, 0.5) is 0 Å². The maximum Gasteiger partial charge on any atom is 0.325 e. The number of nitrogens with zero attached hydrogens (tertiary/aromatic N) is 3. The summed E-state index contributed by atoms with van der Waals surface area (Å²) in [6, 6.07) is 14.7. The molecule has 0 aliphatic rings. The minimum absolute atomic E-state index is 0.273. The van der Waals surface area contributed by atoms with Gasteiger partial charge in [-0.25, -0.2) is 9.67 Å². The highest BCUT2D eigenvalue weighted by molar-refractivity contribution is 5.69. The molecule has 2 aromatic carbocycles. The first kappa shape index (κ1) is 16.5. The Bertz CT molecular complexity index is 891. The van der Waals surface area contributed by atoms with Gasteiger partial charge in [-0.3, -0.25) is 4.79 Å². The summed E-state index contributed by atoms with van der Waals surface area (Å²) in [6.07, 6.45) is 0. The third-order valence-corrected chi connectivity index (χ3v) is 3.63. The zero-order chi connectivity index (χ0) is 17.8. The lowest BCUT2D eigenvalue weighted by Crippen LogP contribution is -2.11. The quantitative estimate of drug-likeness (QED) is 0.743. The Labute approximate surface area is 144 Å². The van der Waals surface area contributed by atoms with Crippen molar-refractivity contribution in [1.29, 1.82) is 0 Å². The molecule has 0 aliphatic carbocycles. The van der Waals surface area contributed by atoms with Crippen molar-refractivity contribution in [3.63, 3.8) is 0 Å². The Balaban J connectivity index is 2.08. The lowest BCUT2D eigenvalue weighted by atomic mass is 10.2. The van der Waals surface area contributed by atoms with Crippen molar-refractivity contribution in [1.82, 2.24) is 14.8 Å². The maximum atomic E-state index is 11.2. The van der Waals surface area contributed by atoms with E-state index in [1.807, 2.05) is 30.3 Å². The molecule has 0 unspecified atom stereocenters. The van der Waals surface area contributed by atoms with E-state index in [-0.39, 0.29) is 6.54 Å².